The second-order valence-corrected chi connectivity index (χ2v) is 12.2. The van der Waals surface area contributed by atoms with Gasteiger partial charge < -0.3 is 0 Å². The molecule has 1 aromatic rings. The third kappa shape index (κ3) is 3.26. The van der Waals surface area contributed by atoms with E-state index in [1.54, 1.807) is 0 Å². The first-order chi connectivity index (χ1) is 14.6. The van der Waals surface area contributed by atoms with Crippen molar-refractivity contribution in [1.29, 1.82) is 0 Å². The molecule has 4 aliphatic carbocycles. The monoisotopic (exact) mass is 426 g/mol. The molecule has 6 unspecified atom stereocenters. The van der Waals surface area contributed by atoms with Crippen molar-refractivity contribution in [1.82, 2.24) is 0 Å². The van der Waals surface area contributed by atoms with E-state index in [2.05, 4.69) is 41.5 Å². The van der Waals surface area contributed by atoms with Gasteiger partial charge in [0.05, 0.1) is 0 Å². The standard InChI is InChI=1S/C26H39BO4/c1-18-12-14-21-23(3,4)25(21,16-18)28-30-27(20-10-8-7-9-11-20)31-29-26-17-19(2)13-15-22(26)24(26,5)6/h7-11,18-19,21-22H,12-17H2,1-6H3. The molecule has 0 spiro atoms. The van der Waals surface area contributed by atoms with Crippen molar-refractivity contribution in [2.45, 2.75) is 91.3 Å². The fraction of sp³-hybridized carbons (Fsp3) is 0.769. The molecule has 5 rings (SSSR count). The predicted molar refractivity (Wildman–Crippen MR) is 122 cm³/mol. The second-order valence-electron chi connectivity index (χ2n) is 12.2. The van der Waals surface area contributed by atoms with Crippen molar-refractivity contribution in [2.75, 3.05) is 0 Å². The molecule has 0 amide bonds. The van der Waals surface area contributed by atoms with E-state index in [9.17, 15) is 0 Å². The van der Waals surface area contributed by atoms with Crippen molar-refractivity contribution in [2.24, 2.45) is 34.5 Å². The molecule has 4 aliphatic rings. The van der Waals surface area contributed by atoms with Crippen LogP contribution in [-0.4, -0.2) is 18.3 Å². The zero-order chi connectivity index (χ0) is 22.1. The Morgan fingerprint density at radius 3 is 1.61 bits per heavy atom. The van der Waals surface area contributed by atoms with Crippen LogP contribution in [0.15, 0.2) is 30.3 Å². The van der Waals surface area contributed by atoms with Gasteiger partial charge in [-0.05, 0) is 54.8 Å². The maximum atomic E-state index is 6.30. The smallest absolute Gasteiger partial charge is 0.255 e. The van der Waals surface area contributed by atoms with E-state index in [0.29, 0.717) is 23.7 Å². The van der Waals surface area contributed by atoms with Crippen LogP contribution in [0.25, 0.3) is 0 Å². The first-order valence-electron chi connectivity index (χ1n) is 12.4. The van der Waals surface area contributed by atoms with Crippen LogP contribution in [0, 0.1) is 34.5 Å². The molecule has 5 heteroatoms. The van der Waals surface area contributed by atoms with Crippen molar-refractivity contribution in [3.8, 4) is 0 Å². The summed E-state index contributed by atoms with van der Waals surface area (Å²) < 4.78 is 0. The van der Waals surface area contributed by atoms with Crippen LogP contribution in [0.4, 0.5) is 0 Å². The molecule has 6 atom stereocenters. The lowest BCUT2D eigenvalue weighted by Gasteiger charge is -2.30. The Balaban J connectivity index is 1.31. The summed E-state index contributed by atoms with van der Waals surface area (Å²) in [4.78, 5) is 24.8. The molecular weight excluding hydrogens is 387 g/mol. The third-order valence-corrected chi connectivity index (χ3v) is 9.72. The molecule has 0 aromatic heterocycles. The number of hydrogen-bond donors (Lipinski definition) is 0. The fourth-order valence-electron chi connectivity index (χ4n) is 7.38. The van der Waals surface area contributed by atoms with E-state index in [0.717, 1.165) is 18.3 Å². The van der Waals surface area contributed by atoms with Crippen LogP contribution in [0.5, 0.6) is 0 Å². The fourth-order valence-corrected chi connectivity index (χ4v) is 7.38. The van der Waals surface area contributed by atoms with Gasteiger partial charge in [-0.2, -0.15) is 0 Å². The van der Waals surface area contributed by atoms with E-state index in [4.69, 9.17) is 19.4 Å². The quantitative estimate of drug-likeness (QED) is 0.318. The van der Waals surface area contributed by atoms with Gasteiger partial charge in [0.2, 0.25) is 0 Å². The van der Waals surface area contributed by atoms with Crippen LogP contribution in [0.2, 0.25) is 0 Å². The first kappa shape index (κ1) is 21.9. The normalized spacial score (nSPS) is 41.7. The first-order valence-corrected chi connectivity index (χ1v) is 12.4. The third-order valence-electron chi connectivity index (χ3n) is 9.72. The molecule has 4 fully saturated rings. The molecule has 0 N–H and O–H groups in total. The van der Waals surface area contributed by atoms with Gasteiger partial charge in [0, 0.05) is 10.8 Å². The second kappa shape index (κ2) is 7.31. The molecule has 0 aliphatic heterocycles. The van der Waals surface area contributed by atoms with E-state index in [1.165, 1.54) is 25.7 Å². The lowest BCUT2D eigenvalue weighted by atomic mass is 9.80. The van der Waals surface area contributed by atoms with Gasteiger partial charge in [0.1, 0.15) is 11.2 Å². The van der Waals surface area contributed by atoms with Crippen molar-refractivity contribution >= 4 is 12.6 Å². The molecule has 4 nitrogen and oxygen atoms in total. The van der Waals surface area contributed by atoms with Crippen LogP contribution in [0.3, 0.4) is 0 Å². The Hall–Kier alpha value is -0.875. The molecule has 1 aromatic carbocycles. The Morgan fingerprint density at radius 1 is 0.710 bits per heavy atom. The van der Waals surface area contributed by atoms with Crippen molar-refractivity contribution < 1.29 is 19.4 Å². The van der Waals surface area contributed by atoms with Gasteiger partial charge in [-0.15, -0.1) is 0 Å². The average molecular weight is 426 g/mol. The molecule has 170 valence electrons. The highest BCUT2D eigenvalue weighted by Gasteiger charge is 2.75. The average Bonchev–Trinajstić information content (AvgIpc) is 3.43. The summed E-state index contributed by atoms with van der Waals surface area (Å²) >= 11 is 0. The van der Waals surface area contributed by atoms with E-state index in [-0.39, 0.29) is 22.0 Å². The highest BCUT2D eigenvalue weighted by atomic mass is 17.3. The summed E-state index contributed by atoms with van der Waals surface area (Å²) in [6.07, 6.45) is 7.06. The molecule has 0 saturated heterocycles. The summed E-state index contributed by atoms with van der Waals surface area (Å²) in [6, 6.07) is 10.1. The number of hydrogen-bond acceptors (Lipinski definition) is 4. The Labute approximate surface area is 188 Å². The Bertz CT molecular complexity index is 763. The largest absolute Gasteiger partial charge is 0.554 e. The van der Waals surface area contributed by atoms with E-state index < -0.39 is 7.12 Å². The summed E-state index contributed by atoms with van der Waals surface area (Å²) in [5, 5.41) is 0. The summed E-state index contributed by atoms with van der Waals surface area (Å²) in [5.74, 6) is 2.42. The number of rotatable bonds is 7. The minimum absolute atomic E-state index is 0.140. The molecule has 31 heavy (non-hydrogen) atoms. The summed E-state index contributed by atoms with van der Waals surface area (Å²) in [5.41, 5.74) is 0.787. The topological polar surface area (TPSA) is 36.9 Å². The van der Waals surface area contributed by atoms with Crippen LogP contribution in [0.1, 0.15) is 80.1 Å². The van der Waals surface area contributed by atoms with Gasteiger partial charge >= 0.3 is 7.12 Å². The van der Waals surface area contributed by atoms with E-state index in [1.807, 2.05) is 30.3 Å². The van der Waals surface area contributed by atoms with Gasteiger partial charge in [0.15, 0.2) is 0 Å². The van der Waals surface area contributed by atoms with Crippen LogP contribution >= 0.6 is 0 Å². The summed E-state index contributed by atoms with van der Waals surface area (Å²) in [6.45, 7) is 13.9. The number of benzene rings is 1. The molecule has 0 radical (unpaired) electrons. The van der Waals surface area contributed by atoms with E-state index >= 15 is 0 Å². The molecule has 0 heterocycles. The van der Waals surface area contributed by atoms with Gasteiger partial charge in [0.25, 0.3) is 0 Å². The van der Waals surface area contributed by atoms with Crippen molar-refractivity contribution in [3.05, 3.63) is 30.3 Å². The zero-order valence-corrected chi connectivity index (χ0v) is 20.1. The Kier molecular flexibility index (Phi) is 5.18. The lowest BCUT2D eigenvalue weighted by molar-refractivity contribution is -0.338. The van der Waals surface area contributed by atoms with Crippen LogP contribution in [-0.2, 0) is 19.4 Å². The molecule has 0 bridgehead atoms. The summed E-state index contributed by atoms with van der Waals surface area (Å²) in [7, 11) is -0.687. The maximum absolute atomic E-state index is 6.30. The zero-order valence-electron chi connectivity index (χ0n) is 20.1. The lowest BCUT2D eigenvalue weighted by Crippen LogP contribution is -2.42. The molecular formula is C26H39BO4. The Morgan fingerprint density at radius 2 is 1.16 bits per heavy atom. The minimum Gasteiger partial charge on any atom is -0.255 e. The number of fused-ring (bicyclic) bond motifs is 2. The molecule has 4 saturated carbocycles. The SMILES string of the molecule is CC1CCC2C(C)(C)C2(OOB(OOC23CC(C)CCC2C3(C)C)c2ccccc2)C1. The van der Waals surface area contributed by atoms with Crippen molar-refractivity contribution in [3.63, 3.8) is 0 Å². The van der Waals surface area contributed by atoms with Gasteiger partial charge in [-0.25, -0.2) is 9.78 Å². The van der Waals surface area contributed by atoms with Gasteiger partial charge in [-0.1, -0.05) is 84.7 Å². The van der Waals surface area contributed by atoms with Gasteiger partial charge in [-0.3, -0.25) is 9.61 Å². The predicted octanol–water partition coefficient (Wildman–Crippen LogP) is 5.71. The highest BCUT2D eigenvalue weighted by Crippen LogP contribution is 2.72. The van der Waals surface area contributed by atoms with Crippen LogP contribution < -0.4 is 5.46 Å². The minimum atomic E-state index is -0.687. The maximum Gasteiger partial charge on any atom is 0.554 e. The highest BCUT2D eigenvalue weighted by molar-refractivity contribution is 6.60.